The largest absolute Gasteiger partial charge is 0.402 e. The first kappa shape index (κ1) is 24.3. The molecule has 0 saturated carbocycles. The van der Waals surface area contributed by atoms with Crippen LogP contribution in [0.3, 0.4) is 0 Å². The number of aromatic nitrogens is 5. The molecule has 2 N–H and O–H groups in total. The summed E-state index contributed by atoms with van der Waals surface area (Å²) in [5.41, 5.74) is 12.0. The van der Waals surface area contributed by atoms with Crippen molar-refractivity contribution in [3.8, 4) is 11.3 Å². The SMILES string of the molecule is C/C(N)=C(/C=Nc1ccccc1)CN1CCN(c2nccnc2-c2ccc(Cn3nccn3)cc2)CC1. The van der Waals surface area contributed by atoms with Gasteiger partial charge in [-0.15, -0.1) is 0 Å². The molecule has 9 heteroatoms. The van der Waals surface area contributed by atoms with E-state index in [1.165, 1.54) is 0 Å². The number of nitrogens with zero attached hydrogens (tertiary/aromatic N) is 8. The molecule has 0 bridgehead atoms. The van der Waals surface area contributed by atoms with Crippen molar-refractivity contribution < 1.29 is 0 Å². The van der Waals surface area contributed by atoms with Crippen LogP contribution in [-0.2, 0) is 6.54 Å². The molecule has 188 valence electrons. The number of benzene rings is 2. The van der Waals surface area contributed by atoms with Crippen molar-refractivity contribution in [1.29, 1.82) is 0 Å². The van der Waals surface area contributed by atoms with Gasteiger partial charge in [0.2, 0.25) is 0 Å². The first-order chi connectivity index (χ1) is 18.2. The highest BCUT2D eigenvalue weighted by atomic mass is 15.5. The number of anilines is 1. The van der Waals surface area contributed by atoms with Gasteiger partial charge in [-0.1, -0.05) is 42.5 Å². The molecule has 0 unspecified atom stereocenters. The zero-order valence-electron chi connectivity index (χ0n) is 21.0. The van der Waals surface area contributed by atoms with Gasteiger partial charge in [0.15, 0.2) is 5.82 Å². The van der Waals surface area contributed by atoms with Crippen molar-refractivity contribution in [2.45, 2.75) is 13.5 Å². The third-order valence-electron chi connectivity index (χ3n) is 6.39. The van der Waals surface area contributed by atoms with Gasteiger partial charge in [0, 0.05) is 68.2 Å². The van der Waals surface area contributed by atoms with E-state index >= 15 is 0 Å². The van der Waals surface area contributed by atoms with E-state index in [-0.39, 0.29) is 0 Å². The van der Waals surface area contributed by atoms with Crippen molar-refractivity contribution in [2.75, 3.05) is 37.6 Å². The molecule has 2 aromatic heterocycles. The Morgan fingerprint density at radius 3 is 2.30 bits per heavy atom. The molecule has 2 aromatic carbocycles. The van der Waals surface area contributed by atoms with Gasteiger partial charge in [-0.25, -0.2) is 4.98 Å². The van der Waals surface area contributed by atoms with Crippen LogP contribution in [0.4, 0.5) is 11.5 Å². The number of hydrogen-bond donors (Lipinski definition) is 1. The van der Waals surface area contributed by atoms with E-state index < -0.39 is 0 Å². The van der Waals surface area contributed by atoms with Crippen molar-refractivity contribution in [3.05, 3.63) is 96.2 Å². The van der Waals surface area contributed by atoms with E-state index in [9.17, 15) is 0 Å². The maximum absolute atomic E-state index is 6.19. The van der Waals surface area contributed by atoms with E-state index in [1.54, 1.807) is 29.6 Å². The van der Waals surface area contributed by atoms with Crippen LogP contribution in [0, 0.1) is 0 Å². The second kappa shape index (κ2) is 11.6. The number of para-hydroxylation sites is 1. The third-order valence-corrected chi connectivity index (χ3v) is 6.39. The molecule has 37 heavy (non-hydrogen) atoms. The van der Waals surface area contributed by atoms with Crippen molar-refractivity contribution >= 4 is 17.7 Å². The summed E-state index contributed by atoms with van der Waals surface area (Å²) in [5.74, 6) is 0.917. The predicted octanol–water partition coefficient (Wildman–Crippen LogP) is 3.54. The quantitative estimate of drug-likeness (QED) is 0.375. The van der Waals surface area contributed by atoms with E-state index in [0.717, 1.165) is 72.3 Å². The molecule has 0 spiro atoms. The topological polar surface area (TPSA) is 101 Å². The molecule has 1 fully saturated rings. The highest BCUT2D eigenvalue weighted by Crippen LogP contribution is 2.28. The van der Waals surface area contributed by atoms with Crippen molar-refractivity contribution in [2.24, 2.45) is 10.7 Å². The Hall–Kier alpha value is -4.37. The Labute approximate surface area is 217 Å². The molecule has 3 heterocycles. The van der Waals surface area contributed by atoms with E-state index in [1.807, 2.05) is 43.5 Å². The first-order valence-electron chi connectivity index (χ1n) is 12.4. The summed E-state index contributed by atoms with van der Waals surface area (Å²) in [7, 11) is 0. The maximum atomic E-state index is 6.19. The molecule has 1 aliphatic rings. The summed E-state index contributed by atoms with van der Waals surface area (Å²) in [6, 6.07) is 18.3. The van der Waals surface area contributed by atoms with Crippen LogP contribution in [-0.4, -0.2) is 68.8 Å². The summed E-state index contributed by atoms with van der Waals surface area (Å²) in [6.07, 6.45) is 8.79. The van der Waals surface area contributed by atoms with E-state index in [2.05, 4.69) is 54.2 Å². The molecule has 0 radical (unpaired) electrons. The fourth-order valence-electron chi connectivity index (χ4n) is 4.31. The lowest BCUT2D eigenvalue weighted by Gasteiger charge is -2.36. The maximum Gasteiger partial charge on any atom is 0.155 e. The minimum atomic E-state index is 0.636. The van der Waals surface area contributed by atoms with Gasteiger partial charge in [-0.05, 0) is 24.6 Å². The Morgan fingerprint density at radius 1 is 0.892 bits per heavy atom. The lowest BCUT2D eigenvalue weighted by Crippen LogP contribution is -2.47. The number of aliphatic imine (C=N–C) groups is 1. The van der Waals surface area contributed by atoms with Gasteiger partial charge < -0.3 is 10.6 Å². The first-order valence-corrected chi connectivity index (χ1v) is 12.4. The molecule has 1 saturated heterocycles. The van der Waals surface area contributed by atoms with Crippen LogP contribution in [0.2, 0.25) is 0 Å². The fraction of sp³-hybridized carbons (Fsp3) is 0.250. The highest BCUT2D eigenvalue weighted by molar-refractivity contribution is 5.82. The fourth-order valence-corrected chi connectivity index (χ4v) is 4.31. The van der Waals surface area contributed by atoms with Crippen LogP contribution < -0.4 is 10.6 Å². The monoisotopic (exact) mass is 493 g/mol. The Bertz CT molecular complexity index is 1330. The number of hydrogen-bond acceptors (Lipinski definition) is 8. The van der Waals surface area contributed by atoms with Gasteiger partial charge in [-0.3, -0.25) is 14.9 Å². The number of piperazine rings is 1. The Kier molecular flexibility index (Phi) is 7.61. The summed E-state index contributed by atoms with van der Waals surface area (Å²) < 4.78 is 0. The second-order valence-corrected chi connectivity index (χ2v) is 9.05. The molecule has 5 rings (SSSR count). The van der Waals surface area contributed by atoms with Gasteiger partial charge >= 0.3 is 0 Å². The summed E-state index contributed by atoms with van der Waals surface area (Å²) in [5, 5.41) is 8.36. The average molecular weight is 494 g/mol. The van der Waals surface area contributed by atoms with Crippen LogP contribution >= 0.6 is 0 Å². The Balaban J connectivity index is 1.23. The minimum Gasteiger partial charge on any atom is -0.402 e. The molecule has 1 aliphatic heterocycles. The van der Waals surface area contributed by atoms with Crippen LogP contribution in [0.5, 0.6) is 0 Å². The van der Waals surface area contributed by atoms with Crippen molar-refractivity contribution in [3.63, 3.8) is 0 Å². The molecule has 9 nitrogen and oxygen atoms in total. The normalized spacial score (nSPS) is 15.2. The molecular weight excluding hydrogens is 462 g/mol. The summed E-state index contributed by atoms with van der Waals surface area (Å²) in [4.78, 5) is 20.4. The van der Waals surface area contributed by atoms with E-state index in [4.69, 9.17) is 10.7 Å². The molecule has 0 aliphatic carbocycles. The zero-order valence-corrected chi connectivity index (χ0v) is 21.0. The zero-order chi connectivity index (χ0) is 25.5. The van der Waals surface area contributed by atoms with Crippen LogP contribution in [0.1, 0.15) is 12.5 Å². The van der Waals surface area contributed by atoms with Crippen LogP contribution in [0.25, 0.3) is 11.3 Å². The number of allylic oxidation sites excluding steroid dienone is 1. The Morgan fingerprint density at radius 2 is 1.59 bits per heavy atom. The average Bonchev–Trinajstić information content (AvgIpc) is 3.45. The standard InChI is InChI=1S/C28H31N9/c1-22(29)25(19-32-26-5-3-2-4-6-26)21-35-15-17-36(18-16-35)28-27(30-11-12-31-28)24-9-7-23(8-10-24)20-37-33-13-14-34-37/h2-14,19H,15-18,20-21,29H2,1H3/b25-22+,32-19?. The minimum absolute atomic E-state index is 0.636. The van der Waals surface area contributed by atoms with Gasteiger partial charge in [0.05, 0.1) is 24.6 Å². The van der Waals surface area contributed by atoms with Crippen molar-refractivity contribution in [1.82, 2.24) is 29.9 Å². The lowest BCUT2D eigenvalue weighted by molar-refractivity contribution is 0.280. The second-order valence-electron chi connectivity index (χ2n) is 9.05. The van der Waals surface area contributed by atoms with Gasteiger partial charge in [-0.2, -0.15) is 15.0 Å². The molecule has 0 amide bonds. The van der Waals surface area contributed by atoms with Gasteiger partial charge in [0.1, 0.15) is 5.69 Å². The lowest BCUT2D eigenvalue weighted by atomic mass is 10.1. The number of nitrogens with two attached hydrogens (primary N) is 1. The highest BCUT2D eigenvalue weighted by Gasteiger charge is 2.22. The third kappa shape index (κ3) is 6.25. The van der Waals surface area contributed by atoms with Gasteiger partial charge in [0.25, 0.3) is 0 Å². The van der Waals surface area contributed by atoms with Crippen LogP contribution in [0.15, 0.2) is 95.6 Å². The van der Waals surface area contributed by atoms with E-state index in [0.29, 0.717) is 6.54 Å². The summed E-state index contributed by atoms with van der Waals surface area (Å²) >= 11 is 0. The predicted molar refractivity (Wildman–Crippen MR) is 147 cm³/mol. The molecule has 4 aromatic rings. The molecular formula is C28H31N9. The number of rotatable bonds is 8. The smallest absolute Gasteiger partial charge is 0.155 e. The summed E-state index contributed by atoms with van der Waals surface area (Å²) in [6.45, 7) is 6.88. The molecule has 0 atom stereocenters.